The summed E-state index contributed by atoms with van der Waals surface area (Å²) in [5.41, 5.74) is 5.72. The Morgan fingerprint density at radius 3 is 2.27 bits per heavy atom. The van der Waals surface area contributed by atoms with Gasteiger partial charge in [-0.1, -0.05) is 0 Å². The fourth-order valence-corrected chi connectivity index (χ4v) is 0.765. The van der Waals surface area contributed by atoms with Crippen molar-refractivity contribution in [1.82, 2.24) is 5.32 Å². The van der Waals surface area contributed by atoms with Gasteiger partial charge in [-0.2, -0.15) is 0 Å². The highest BCUT2D eigenvalue weighted by molar-refractivity contribution is 6.16. The molecule has 0 radical (unpaired) electrons. The highest BCUT2D eigenvalue weighted by atomic mass is 35.5. The van der Waals surface area contributed by atoms with Crippen molar-refractivity contribution in [3.63, 3.8) is 0 Å². The van der Waals surface area contributed by atoms with E-state index in [0.717, 1.165) is 0 Å². The second kappa shape index (κ2) is 3.50. The van der Waals surface area contributed by atoms with Crippen molar-refractivity contribution in [2.24, 2.45) is 5.73 Å². The molecule has 5 heteroatoms. The average molecular weight is 177 g/mol. The predicted molar refractivity (Wildman–Crippen MR) is 42.1 cm³/mol. The minimum Gasteiger partial charge on any atom is -0.324 e. The lowest BCUT2D eigenvalue weighted by Crippen LogP contribution is -2.28. The molecule has 0 saturated heterocycles. The van der Waals surface area contributed by atoms with E-state index in [9.17, 15) is 9.59 Å². The predicted octanol–water partition coefficient (Wildman–Crippen LogP) is -0.662. The average Bonchev–Trinajstić information content (AvgIpc) is 2.10. The van der Waals surface area contributed by atoms with Gasteiger partial charge in [0.15, 0.2) is 0 Å². The van der Waals surface area contributed by atoms with Crippen LogP contribution >= 0.6 is 12.4 Å². The monoisotopic (exact) mass is 176 g/mol. The second-order valence-electron chi connectivity index (χ2n) is 2.21. The first kappa shape index (κ1) is 10.1. The molecular formula is C6H9ClN2O2. The van der Waals surface area contributed by atoms with Gasteiger partial charge in [0.25, 0.3) is 11.8 Å². The van der Waals surface area contributed by atoms with Crippen molar-refractivity contribution in [3.8, 4) is 0 Å². The normalized spacial score (nSPS) is 18.5. The van der Waals surface area contributed by atoms with Crippen LogP contribution in [0.2, 0.25) is 0 Å². The summed E-state index contributed by atoms with van der Waals surface area (Å²) in [6.07, 6.45) is 1.23. The standard InChI is InChI=1S/C6H8N2O2.ClH/c1-3(7)4-2-5(9)8-6(4)10;/h2-3H,7H2,1H3,(H,8,9,10);1H. The van der Waals surface area contributed by atoms with Crippen LogP contribution in [0, 0.1) is 0 Å². The molecule has 1 rings (SSSR count). The van der Waals surface area contributed by atoms with Crippen molar-refractivity contribution >= 4 is 24.2 Å². The van der Waals surface area contributed by atoms with Gasteiger partial charge in [-0.25, -0.2) is 0 Å². The summed E-state index contributed by atoms with van der Waals surface area (Å²) in [5, 5.41) is 2.10. The van der Waals surface area contributed by atoms with Gasteiger partial charge >= 0.3 is 0 Å². The molecule has 1 aliphatic heterocycles. The zero-order valence-corrected chi connectivity index (χ0v) is 6.77. The molecule has 0 saturated carbocycles. The molecule has 0 fully saturated rings. The fraction of sp³-hybridized carbons (Fsp3) is 0.333. The highest BCUT2D eigenvalue weighted by Crippen LogP contribution is 2.04. The first-order valence-electron chi connectivity index (χ1n) is 2.93. The van der Waals surface area contributed by atoms with E-state index in [4.69, 9.17) is 5.73 Å². The van der Waals surface area contributed by atoms with Crippen molar-refractivity contribution in [2.45, 2.75) is 13.0 Å². The van der Waals surface area contributed by atoms with Gasteiger partial charge in [0, 0.05) is 17.7 Å². The Balaban J connectivity index is 0.000001000. The number of nitrogens with one attached hydrogen (secondary N) is 1. The molecule has 0 aromatic rings. The van der Waals surface area contributed by atoms with Crippen LogP contribution in [-0.2, 0) is 9.59 Å². The van der Waals surface area contributed by atoms with Crippen LogP contribution in [0.3, 0.4) is 0 Å². The van der Waals surface area contributed by atoms with E-state index in [1.165, 1.54) is 6.08 Å². The molecule has 1 unspecified atom stereocenters. The Labute approximate surface area is 70.2 Å². The maximum Gasteiger partial charge on any atom is 0.255 e. The Bertz CT molecular complexity index is 223. The molecule has 11 heavy (non-hydrogen) atoms. The van der Waals surface area contributed by atoms with Crippen molar-refractivity contribution in [1.29, 1.82) is 0 Å². The lowest BCUT2D eigenvalue weighted by molar-refractivity contribution is -0.123. The third kappa shape index (κ3) is 2.03. The summed E-state index contributed by atoms with van der Waals surface area (Å²) in [6.45, 7) is 1.66. The van der Waals surface area contributed by atoms with Crippen LogP contribution in [0.25, 0.3) is 0 Å². The highest BCUT2D eigenvalue weighted by Gasteiger charge is 2.22. The SMILES string of the molecule is CC(N)C1=CC(=O)NC1=O.Cl. The number of imide groups is 1. The Morgan fingerprint density at radius 1 is 1.55 bits per heavy atom. The van der Waals surface area contributed by atoms with Crippen LogP contribution in [0.4, 0.5) is 0 Å². The van der Waals surface area contributed by atoms with Crippen LogP contribution in [0.1, 0.15) is 6.92 Å². The molecule has 2 amide bonds. The molecule has 0 aromatic heterocycles. The zero-order valence-electron chi connectivity index (χ0n) is 5.96. The molecule has 0 spiro atoms. The number of amides is 2. The molecule has 0 aliphatic carbocycles. The van der Waals surface area contributed by atoms with Crippen LogP contribution < -0.4 is 11.1 Å². The Morgan fingerprint density at radius 2 is 2.09 bits per heavy atom. The number of hydrogen-bond acceptors (Lipinski definition) is 3. The Kier molecular flexibility index (Phi) is 3.22. The number of nitrogens with two attached hydrogens (primary N) is 1. The van der Waals surface area contributed by atoms with Crippen molar-refractivity contribution < 1.29 is 9.59 Å². The van der Waals surface area contributed by atoms with E-state index in [2.05, 4.69) is 5.32 Å². The summed E-state index contributed by atoms with van der Waals surface area (Å²) in [7, 11) is 0. The molecule has 1 atom stereocenters. The van der Waals surface area contributed by atoms with Gasteiger partial charge in [0.1, 0.15) is 0 Å². The maximum absolute atomic E-state index is 10.7. The number of hydrogen-bond donors (Lipinski definition) is 2. The van der Waals surface area contributed by atoms with E-state index in [0.29, 0.717) is 5.57 Å². The molecule has 62 valence electrons. The van der Waals surface area contributed by atoms with Gasteiger partial charge in [0.2, 0.25) is 0 Å². The molecule has 1 aliphatic rings. The maximum atomic E-state index is 10.7. The van der Waals surface area contributed by atoms with Crippen LogP contribution in [0.5, 0.6) is 0 Å². The Hall–Kier alpha value is -0.870. The number of rotatable bonds is 1. The third-order valence-electron chi connectivity index (χ3n) is 1.28. The van der Waals surface area contributed by atoms with E-state index < -0.39 is 0 Å². The molecule has 0 aromatic carbocycles. The van der Waals surface area contributed by atoms with E-state index in [1.807, 2.05) is 0 Å². The molecule has 4 nitrogen and oxygen atoms in total. The second-order valence-corrected chi connectivity index (χ2v) is 2.21. The molecule has 0 bridgehead atoms. The molecular weight excluding hydrogens is 168 g/mol. The summed E-state index contributed by atoms with van der Waals surface area (Å²) in [4.78, 5) is 21.3. The summed E-state index contributed by atoms with van der Waals surface area (Å²) in [5.74, 6) is -0.752. The third-order valence-corrected chi connectivity index (χ3v) is 1.28. The number of carbonyl (C=O) groups excluding carboxylic acids is 2. The summed E-state index contributed by atoms with van der Waals surface area (Å²) >= 11 is 0. The minimum absolute atomic E-state index is 0. The van der Waals surface area contributed by atoms with Crippen LogP contribution in [0.15, 0.2) is 11.6 Å². The van der Waals surface area contributed by atoms with Crippen molar-refractivity contribution in [3.05, 3.63) is 11.6 Å². The minimum atomic E-state index is -0.377. The lowest BCUT2D eigenvalue weighted by Gasteiger charge is -2.00. The molecule has 3 N–H and O–H groups in total. The van der Waals surface area contributed by atoms with E-state index >= 15 is 0 Å². The topological polar surface area (TPSA) is 72.2 Å². The fourth-order valence-electron chi connectivity index (χ4n) is 0.765. The number of carbonyl (C=O) groups is 2. The lowest BCUT2D eigenvalue weighted by atomic mass is 10.1. The van der Waals surface area contributed by atoms with E-state index in [1.54, 1.807) is 6.92 Å². The van der Waals surface area contributed by atoms with Gasteiger partial charge in [-0.15, -0.1) is 12.4 Å². The van der Waals surface area contributed by atoms with Gasteiger partial charge in [0.05, 0.1) is 0 Å². The summed E-state index contributed by atoms with van der Waals surface area (Å²) < 4.78 is 0. The first-order valence-corrected chi connectivity index (χ1v) is 2.93. The van der Waals surface area contributed by atoms with E-state index in [-0.39, 0.29) is 30.3 Å². The number of halogens is 1. The van der Waals surface area contributed by atoms with Gasteiger partial charge in [-0.05, 0) is 6.92 Å². The van der Waals surface area contributed by atoms with Gasteiger partial charge in [-0.3, -0.25) is 14.9 Å². The quantitative estimate of drug-likeness (QED) is 0.521. The zero-order chi connectivity index (χ0) is 7.72. The first-order chi connectivity index (χ1) is 4.61. The summed E-state index contributed by atoms with van der Waals surface area (Å²) in [6, 6.07) is -0.369. The van der Waals surface area contributed by atoms with Crippen LogP contribution in [-0.4, -0.2) is 17.9 Å². The smallest absolute Gasteiger partial charge is 0.255 e. The van der Waals surface area contributed by atoms with Crippen molar-refractivity contribution in [2.75, 3.05) is 0 Å². The van der Waals surface area contributed by atoms with Gasteiger partial charge < -0.3 is 5.73 Å². The molecule has 1 heterocycles. The largest absolute Gasteiger partial charge is 0.324 e.